The van der Waals surface area contributed by atoms with Crippen LogP contribution >= 0.6 is 0 Å². The first-order valence-electron chi connectivity index (χ1n) is 6.82. The van der Waals surface area contributed by atoms with Crippen LogP contribution in [0.5, 0.6) is 5.75 Å². The van der Waals surface area contributed by atoms with Gasteiger partial charge in [-0.05, 0) is 38.8 Å². The number of benzene rings is 1. The quantitative estimate of drug-likeness (QED) is 0.918. The summed E-state index contributed by atoms with van der Waals surface area (Å²) in [7, 11) is 1.68. The highest BCUT2D eigenvalue weighted by Gasteiger charge is 2.29. The van der Waals surface area contributed by atoms with Gasteiger partial charge in [0.15, 0.2) is 0 Å². The Balaban J connectivity index is 2.11. The molecule has 0 unspecified atom stereocenters. The first kappa shape index (κ1) is 12.5. The van der Waals surface area contributed by atoms with Crippen LogP contribution in [0.4, 0.5) is 0 Å². The fourth-order valence-corrected chi connectivity index (χ4v) is 2.53. The minimum atomic E-state index is -0.238. The summed E-state index contributed by atoms with van der Waals surface area (Å²) in [6.45, 7) is 4.09. The lowest BCUT2D eigenvalue weighted by molar-refractivity contribution is 0.415. The van der Waals surface area contributed by atoms with Crippen molar-refractivity contribution in [2.75, 3.05) is 7.11 Å². The number of aromatic nitrogens is 2. The van der Waals surface area contributed by atoms with E-state index in [0.29, 0.717) is 6.04 Å². The van der Waals surface area contributed by atoms with Gasteiger partial charge in [-0.1, -0.05) is 0 Å². The first-order valence-corrected chi connectivity index (χ1v) is 6.82. The maximum absolute atomic E-state index is 6.16. The molecule has 2 aromatic rings. The minimum Gasteiger partial charge on any atom is -0.497 e. The van der Waals surface area contributed by atoms with Crippen LogP contribution in [-0.4, -0.2) is 22.2 Å². The molecule has 1 fully saturated rings. The van der Waals surface area contributed by atoms with Crippen LogP contribution in [0, 0.1) is 0 Å². The smallest absolute Gasteiger partial charge is 0.121 e. The average Bonchev–Trinajstić information content (AvgIpc) is 3.09. The van der Waals surface area contributed by atoms with E-state index in [-0.39, 0.29) is 5.54 Å². The molecule has 0 bridgehead atoms. The number of hydrogen-bond acceptors (Lipinski definition) is 3. The molecule has 0 spiro atoms. The van der Waals surface area contributed by atoms with E-state index in [1.165, 1.54) is 18.4 Å². The second-order valence-electron chi connectivity index (χ2n) is 6.15. The van der Waals surface area contributed by atoms with Crippen molar-refractivity contribution in [2.24, 2.45) is 5.73 Å². The predicted molar refractivity (Wildman–Crippen MR) is 76.5 cm³/mol. The molecule has 19 heavy (non-hydrogen) atoms. The number of rotatable bonds is 4. The third-order valence-electron chi connectivity index (χ3n) is 3.50. The zero-order chi connectivity index (χ0) is 13.6. The van der Waals surface area contributed by atoms with Gasteiger partial charge in [-0.2, -0.15) is 0 Å². The Morgan fingerprint density at radius 3 is 2.74 bits per heavy atom. The highest BCUT2D eigenvalue weighted by atomic mass is 16.5. The molecule has 1 aliphatic rings. The zero-order valence-corrected chi connectivity index (χ0v) is 11.8. The molecule has 2 N–H and O–H groups in total. The summed E-state index contributed by atoms with van der Waals surface area (Å²) in [5.41, 5.74) is 8.12. The number of hydrogen-bond donors (Lipinski definition) is 1. The molecular formula is C15H21N3O. The second kappa shape index (κ2) is 4.23. The van der Waals surface area contributed by atoms with Crippen LogP contribution in [0.2, 0.25) is 0 Å². The highest BCUT2D eigenvalue weighted by molar-refractivity contribution is 5.78. The third-order valence-corrected chi connectivity index (χ3v) is 3.50. The standard InChI is InChI=1S/C15H21N3O/c1-15(2,16)9-14-17-12-8-11(19-3)6-7-13(12)18(14)10-4-5-10/h6-8,10H,4-5,9,16H2,1-3H3. The number of methoxy groups -OCH3 is 1. The summed E-state index contributed by atoms with van der Waals surface area (Å²) in [6, 6.07) is 6.71. The molecule has 4 heteroatoms. The van der Waals surface area contributed by atoms with Gasteiger partial charge in [0.1, 0.15) is 11.6 Å². The number of ether oxygens (including phenoxy) is 1. The Bertz CT molecular complexity index is 606. The van der Waals surface area contributed by atoms with Crippen molar-refractivity contribution in [2.45, 2.75) is 44.7 Å². The van der Waals surface area contributed by atoms with Crippen LogP contribution in [0.25, 0.3) is 11.0 Å². The van der Waals surface area contributed by atoms with Gasteiger partial charge in [-0.3, -0.25) is 0 Å². The molecule has 0 aliphatic heterocycles. The molecule has 0 saturated heterocycles. The monoisotopic (exact) mass is 259 g/mol. The largest absolute Gasteiger partial charge is 0.497 e. The Kier molecular flexibility index (Phi) is 2.78. The van der Waals surface area contributed by atoms with Gasteiger partial charge in [0.25, 0.3) is 0 Å². The van der Waals surface area contributed by atoms with Crippen molar-refractivity contribution >= 4 is 11.0 Å². The Labute approximate surface area is 113 Å². The molecule has 0 radical (unpaired) electrons. The molecule has 4 nitrogen and oxygen atoms in total. The summed E-state index contributed by atoms with van der Waals surface area (Å²) in [4.78, 5) is 4.77. The summed E-state index contributed by atoms with van der Waals surface area (Å²) in [5.74, 6) is 1.95. The molecule has 0 amide bonds. The lowest BCUT2D eigenvalue weighted by Crippen LogP contribution is -2.35. The van der Waals surface area contributed by atoms with Crippen LogP contribution in [-0.2, 0) is 6.42 Å². The van der Waals surface area contributed by atoms with Crippen LogP contribution in [0.1, 0.15) is 38.6 Å². The lowest BCUT2D eigenvalue weighted by Gasteiger charge is -2.18. The van der Waals surface area contributed by atoms with E-state index in [4.69, 9.17) is 15.5 Å². The molecule has 1 aliphatic carbocycles. The number of nitrogens with two attached hydrogens (primary N) is 1. The van der Waals surface area contributed by atoms with Gasteiger partial charge >= 0.3 is 0 Å². The molecule has 1 saturated carbocycles. The maximum Gasteiger partial charge on any atom is 0.121 e. The average molecular weight is 259 g/mol. The maximum atomic E-state index is 6.16. The zero-order valence-electron chi connectivity index (χ0n) is 11.8. The summed E-state index contributed by atoms with van der Waals surface area (Å²) < 4.78 is 7.64. The number of imidazole rings is 1. The molecule has 3 rings (SSSR count). The van der Waals surface area contributed by atoms with Gasteiger partial charge in [0, 0.05) is 24.1 Å². The lowest BCUT2D eigenvalue weighted by atomic mass is 10.0. The van der Waals surface area contributed by atoms with Crippen LogP contribution in [0.15, 0.2) is 18.2 Å². The van der Waals surface area contributed by atoms with Gasteiger partial charge in [0.05, 0.1) is 18.1 Å². The fourth-order valence-electron chi connectivity index (χ4n) is 2.53. The second-order valence-corrected chi connectivity index (χ2v) is 6.15. The molecule has 0 atom stereocenters. The van der Waals surface area contributed by atoms with E-state index in [2.05, 4.69) is 10.6 Å². The van der Waals surface area contributed by atoms with E-state index >= 15 is 0 Å². The molecule has 1 aromatic carbocycles. The predicted octanol–water partition coefficient (Wildman–Crippen LogP) is 2.66. The topological polar surface area (TPSA) is 53.1 Å². The summed E-state index contributed by atoms with van der Waals surface area (Å²) in [6.07, 6.45) is 3.28. The van der Waals surface area contributed by atoms with Crippen molar-refractivity contribution < 1.29 is 4.74 Å². The summed E-state index contributed by atoms with van der Waals surface area (Å²) in [5, 5.41) is 0. The normalized spacial score (nSPS) is 16.0. The van der Waals surface area contributed by atoms with Gasteiger partial charge < -0.3 is 15.0 Å². The van der Waals surface area contributed by atoms with Gasteiger partial charge in [-0.15, -0.1) is 0 Å². The number of fused-ring (bicyclic) bond motifs is 1. The molecule has 102 valence electrons. The van der Waals surface area contributed by atoms with Crippen molar-refractivity contribution in [3.05, 3.63) is 24.0 Å². The molecular weight excluding hydrogens is 238 g/mol. The Morgan fingerprint density at radius 2 is 2.16 bits per heavy atom. The molecule has 1 heterocycles. The Hall–Kier alpha value is -1.55. The van der Waals surface area contributed by atoms with E-state index < -0.39 is 0 Å². The summed E-state index contributed by atoms with van der Waals surface area (Å²) >= 11 is 0. The van der Waals surface area contributed by atoms with E-state index in [1.54, 1.807) is 7.11 Å². The van der Waals surface area contributed by atoms with Gasteiger partial charge in [-0.25, -0.2) is 4.98 Å². The third kappa shape index (κ3) is 2.45. The van der Waals surface area contributed by atoms with Crippen molar-refractivity contribution in [1.82, 2.24) is 9.55 Å². The fraction of sp³-hybridized carbons (Fsp3) is 0.533. The number of nitrogens with zero attached hydrogens (tertiary/aromatic N) is 2. The van der Waals surface area contributed by atoms with Gasteiger partial charge in [0.2, 0.25) is 0 Å². The first-order chi connectivity index (χ1) is 8.98. The van der Waals surface area contributed by atoms with Crippen molar-refractivity contribution in [1.29, 1.82) is 0 Å². The highest BCUT2D eigenvalue weighted by Crippen LogP contribution is 2.39. The van der Waals surface area contributed by atoms with Crippen molar-refractivity contribution in [3.8, 4) is 5.75 Å². The minimum absolute atomic E-state index is 0.238. The van der Waals surface area contributed by atoms with E-state index in [9.17, 15) is 0 Å². The van der Waals surface area contributed by atoms with E-state index in [1.807, 2.05) is 26.0 Å². The van der Waals surface area contributed by atoms with Crippen molar-refractivity contribution in [3.63, 3.8) is 0 Å². The molecule has 1 aromatic heterocycles. The Morgan fingerprint density at radius 1 is 1.42 bits per heavy atom. The van der Waals surface area contributed by atoms with E-state index in [0.717, 1.165) is 23.5 Å². The SMILES string of the molecule is COc1ccc2c(c1)nc(CC(C)(C)N)n2C1CC1. The van der Waals surface area contributed by atoms with Crippen LogP contribution < -0.4 is 10.5 Å². The van der Waals surface area contributed by atoms with Crippen LogP contribution in [0.3, 0.4) is 0 Å².